The van der Waals surface area contributed by atoms with E-state index in [1.807, 2.05) is 0 Å². The van der Waals surface area contributed by atoms with Crippen molar-refractivity contribution in [3.63, 3.8) is 0 Å². The molecular formula is C64H42N2. The van der Waals surface area contributed by atoms with Gasteiger partial charge in [-0.1, -0.05) is 231 Å². The molecule has 2 nitrogen and oxygen atoms in total. The Morgan fingerprint density at radius 1 is 0.212 bits per heavy atom. The first-order chi connectivity index (χ1) is 32.7. The minimum absolute atomic E-state index is 0.703. The fourth-order valence-corrected chi connectivity index (χ4v) is 9.43. The molecule has 0 N–H and O–H groups in total. The van der Waals surface area contributed by atoms with Crippen molar-refractivity contribution in [3.8, 4) is 89.4 Å². The summed E-state index contributed by atoms with van der Waals surface area (Å²) < 4.78 is 0. The average molecular weight is 839 g/mol. The Kier molecular flexibility index (Phi) is 9.89. The van der Waals surface area contributed by atoms with Crippen LogP contribution in [0.3, 0.4) is 0 Å². The summed E-state index contributed by atoms with van der Waals surface area (Å²) in [7, 11) is 0. The Labute approximate surface area is 384 Å². The van der Waals surface area contributed by atoms with Crippen molar-refractivity contribution in [2.75, 3.05) is 0 Å². The minimum atomic E-state index is 0.703. The van der Waals surface area contributed by atoms with Crippen molar-refractivity contribution >= 4 is 32.4 Å². The first-order valence-corrected chi connectivity index (χ1v) is 22.5. The molecule has 0 aliphatic carbocycles. The van der Waals surface area contributed by atoms with Gasteiger partial charge in [0.1, 0.15) is 0 Å². The first-order valence-electron chi connectivity index (χ1n) is 22.5. The molecule has 0 fully saturated rings. The zero-order valence-corrected chi connectivity index (χ0v) is 36.1. The van der Waals surface area contributed by atoms with Crippen LogP contribution in [0.5, 0.6) is 0 Å². The smallest absolute Gasteiger partial charge is 0.160 e. The molecule has 0 spiro atoms. The molecular weight excluding hydrogens is 797 g/mol. The number of hydrogen-bond donors (Lipinski definition) is 0. The summed E-state index contributed by atoms with van der Waals surface area (Å²) in [5.41, 5.74) is 18.2. The molecule has 308 valence electrons. The van der Waals surface area contributed by atoms with Crippen molar-refractivity contribution in [2.45, 2.75) is 0 Å². The summed E-state index contributed by atoms with van der Waals surface area (Å²) in [5.74, 6) is 0.703. The lowest BCUT2D eigenvalue weighted by Gasteiger charge is -2.13. The second kappa shape index (κ2) is 16.8. The van der Waals surface area contributed by atoms with Crippen LogP contribution in [0.1, 0.15) is 0 Å². The van der Waals surface area contributed by atoms with Gasteiger partial charge in [-0.15, -0.1) is 0 Å². The fourth-order valence-electron chi connectivity index (χ4n) is 9.43. The zero-order chi connectivity index (χ0) is 43.8. The van der Waals surface area contributed by atoms with Crippen LogP contribution < -0.4 is 0 Å². The van der Waals surface area contributed by atoms with Crippen LogP contribution in [0.15, 0.2) is 255 Å². The molecule has 0 aliphatic rings. The van der Waals surface area contributed by atoms with Crippen molar-refractivity contribution in [2.24, 2.45) is 0 Å². The highest BCUT2D eigenvalue weighted by molar-refractivity contribution is 6.10. The van der Waals surface area contributed by atoms with Gasteiger partial charge in [0.15, 0.2) is 5.82 Å². The molecule has 0 aliphatic heterocycles. The number of hydrogen-bond acceptors (Lipinski definition) is 2. The summed E-state index contributed by atoms with van der Waals surface area (Å²) in [6, 6.07) is 91.4. The lowest BCUT2D eigenvalue weighted by molar-refractivity contribution is 1.23. The van der Waals surface area contributed by atoms with Crippen molar-refractivity contribution in [3.05, 3.63) is 255 Å². The summed E-state index contributed by atoms with van der Waals surface area (Å²) >= 11 is 0. The third-order valence-corrected chi connectivity index (χ3v) is 12.9. The van der Waals surface area contributed by atoms with E-state index in [9.17, 15) is 0 Å². The molecule has 0 bridgehead atoms. The van der Waals surface area contributed by atoms with Crippen molar-refractivity contribution < 1.29 is 0 Å². The third-order valence-electron chi connectivity index (χ3n) is 12.9. The predicted molar refractivity (Wildman–Crippen MR) is 278 cm³/mol. The Bertz CT molecular complexity index is 3720. The standard InChI is InChI=1S/C64H42N2/c1-2-12-43(13-3-1)52-17-8-18-53(40-52)46-28-26-44(27-29-46)45-34-36-51(37-35-45)64-65-62(61-39-38-50-15-5-7-24-60(50)63(61)66-64)57-22-10-20-55(42-57)48-32-30-47(31-33-48)54-19-9-21-56(41-54)59-25-11-16-49-14-4-6-23-58(49)59/h1-42H. The Hall–Kier alpha value is -8.72. The van der Waals surface area contributed by atoms with Gasteiger partial charge in [0.2, 0.25) is 0 Å². The van der Waals surface area contributed by atoms with E-state index >= 15 is 0 Å². The molecule has 0 saturated heterocycles. The molecule has 2 heteroatoms. The van der Waals surface area contributed by atoms with Gasteiger partial charge in [-0.05, 0) is 107 Å². The van der Waals surface area contributed by atoms with E-state index in [2.05, 4.69) is 255 Å². The van der Waals surface area contributed by atoms with Crippen LogP contribution in [0, 0.1) is 0 Å². The molecule has 66 heavy (non-hydrogen) atoms. The van der Waals surface area contributed by atoms with E-state index in [-0.39, 0.29) is 0 Å². The van der Waals surface area contributed by atoms with Crippen molar-refractivity contribution in [1.29, 1.82) is 0 Å². The summed E-state index contributed by atoms with van der Waals surface area (Å²) in [4.78, 5) is 10.6. The highest BCUT2D eigenvalue weighted by atomic mass is 14.9. The van der Waals surface area contributed by atoms with Crippen LogP contribution in [0.25, 0.3) is 122 Å². The van der Waals surface area contributed by atoms with Gasteiger partial charge in [0.25, 0.3) is 0 Å². The molecule has 12 aromatic rings. The van der Waals surface area contributed by atoms with E-state index in [1.54, 1.807) is 0 Å². The zero-order valence-electron chi connectivity index (χ0n) is 36.1. The van der Waals surface area contributed by atoms with E-state index in [4.69, 9.17) is 9.97 Å². The number of rotatable bonds is 8. The number of nitrogens with zero attached hydrogens (tertiary/aromatic N) is 2. The Morgan fingerprint density at radius 2 is 0.606 bits per heavy atom. The molecule has 1 heterocycles. The van der Waals surface area contributed by atoms with Crippen LogP contribution in [0.2, 0.25) is 0 Å². The number of benzene rings is 11. The van der Waals surface area contributed by atoms with Gasteiger partial charge in [-0.25, -0.2) is 9.97 Å². The fraction of sp³-hybridized carbons (Fsp3) is 0. The topological polar surface area (TPSA) is 25.8 Å². The molecule has 0 saturated carbocycles. The third kappa shape index (κ3) is 7.41. The van der Waals surface area contributed by atoms with Gasteiger partial charge in [-0.3, -0.25) is 0 Å². The number of aromatic nitrogens is 2. The second-order valence-electron chi connectivity index (χ2n) is 16.9. The lowest BCUT2D eigenvalue weighted by atomic mass is 9.94. The molecule has 0 atom stereocenters. The van der Waals surface area contributed by atoms with Crippen LogP contribution in [-0.2, 0) is 0 Å². The SMILES string of the molecule is c1ccc(-c2cccc(-c3ccc(-c4ccc(-c5nc(-c6cccc(-c7ccc(-c8cccc(-c9cccc%10ccccc9%10)c8)cc7)c6)c6ccc7ccccc7c6n5)cc4)cc3)c2)cc1. The van der Waals surface area contributed by atoms with Crippen LogP contribution >= 0.6 is 0 Å². The lowest BCUT2D eigenvalue weighted by Crippen LogP contribution is -1.96. The normalized spacial score (nSPS) is 11.3. The van der Waals surface area contributed by atoms with Crippen LogP contribution in [0.4, 0.5) is 0 Å². The molecule has 11 aromatic carbocycles. The summed E-state index contributed by atoms with van der Waals surface area (Å²) in [6.07, 6.45) is 0. The van der Waals surface area contributed by atoms with E-state index in [1.165, 1.54) is 55.3 Å². The van der Waals surface area contributed by atoms with Crippen molar-refractivity contribution in [1.82, 2.24) is 9.97 Å². The first kappa shape index (κ1) is 38.9. The minimum Gasteiger partial charge on any atom is -0.227 e. The van der Waals surface area contributed by atoms with E-state index in [0.29, 0.717) is 5.82 Å². The summed E-state index contributed by atoms with van der Waals surface area (Å²) in [5, 5.41) is 5.81. The quantitative estimate of drug-likeness (QED) is 0.143. The molecule has 0 radical (unpaired) electrons. The molecule has 1 aromatic heterocycles. The van der Waals surface area contributed by atoms with Crippen LogP contribution in [-0.4, -0.2) is 9.97 Å². The van der Waals surface area contributed by atoms with Gasteiger partial charge in [-0.2, -0.15) is 0 Å². The number of fused-ring (bicyclic) bond motifs is 4. The highest BCUT2D eigenvalue weighted by Crippen LogP contribution is 2.37. The van der Waals surface area contributed by atoms with Gasteiger partial charge in [0.05, 0.1) is 11.2 Å². The predicted octanol–water partition coefficient (Wildman–Crippen LogP) is 17.3. The van der Waals surface area contributed by atoms with Gasteiger partial charge < -0.3 is 0 Å². The molecule has 0 amide bonds. The average Bonchev–Trinajstić information content (AvgIpc) is 3.41. The van der Waals surface area contributed by atoms with Gasteiger partial charge >= 0.3 is 0 Å². The maximum absolute atomic E-state index is 5.35. The monoisotopic (exact) mass is 838 g/mol. The Balaban J connectivity index is 0.856. The Morgan fingerprint density at radius 3 is 1.21 bits per heavy atom. The summed E-state index contributed by atoms with van der Waals surface area (Å²) in [6.45, 7) is 0. The largest absolute Gasteiger partial charge is 0.227 e. The maximum Gasteiger partial charge on any atom is 0.160 e. The molecule has 12 rings (SSSR count). The van der Waals surface area contributed by atoms with E-state index < -0.39 is 0 Å². The maximum atomic E-state index is 5.35. The van der Waals surface area contributed by atoms with E-state index in [0.717, 1.165) is 60.8 Å². The highest BCUT2D eigenvalue weighted by Gasteiger charge is 2.16. The molecule has 0 unspecified atom stereocenters. The second-order valence-corrected chi connectivity index (χ2v) is 16.9. The van der Waals surface area contributed by atoms with Gasteiger partial charge in [0, 0.05) is 21.9 Å².